The van der Waals surface area contributed by atoms with Crippen molar-refractivity contribution in [3.63, 3.8) is 0 Å². The second-order valence-electron chi connectivity index (χ2n) is 5.80. The van der Waals surface area contributed by atoms with Gasteiger partial charge >= 0.3 is 0 Å². The van der Waals surface area contributed by atoms with Crippen LogP contribution in [-0.2, 0) is 6.54 Å². The summed E-state index contributed by atoms with van der Waals surface area (Å²) in [6.07, 6.45) is 2.43. The molecule has 4 nitrogen and oxygen atoms in total. The molecule has 0 amide bonds. The van der Waals surface area contributed by atoms with E-state index in [0.717, 1.165) is 24.6 Å². The van der Waals surface area contributed by atoms with Crippen LogP contribution in [0.2, 0.25) is 0 Å². The summed E-state index contributed by atoms with van der Waals surface area (Å²) in [5.41, 5.74) is 2.69. The zero-order valence-corrected chi connectivity index (χ0v) is 13.9. The minimum absolute atomic E-state index is 0.499. The predicted molar refractivity (Wildman–Crippen MR) is 84.1 cm³/mol. The molecule has 0 aromatic heterocycles. The highest BCUT2D eigenvalue weighted by molar-refractivity contribution is 5.50. The van der Waals surface area contributed by atoms with Crippen molar-refractivity contribution in [1.82, 2.24) is 0 Å². The lowest BCUT2D eigenvalue weighted by atomic mass is 9.93. The molecule has 0 saturated carbocycles. The zero-order valence-electron chi connectivity index (χ0n) is 13.9. The minimum Gasteiger partial charge on any atom is -0.496 e. The second-order valence-corrected chi connectivity index (χ2v) is 5.80. The highest BCUT2D eigenvalue weighted by Crippen LogP contribution is 2.34. The van der Waals surface area contributed by atoms with Crippen LogP contribution in [0.4, 0.5) is 0 Å². The quantitative estimate of drug-likeness (QED) is 0.770. The molecule has 1 atom stereocenters. The molecule has 1 aromatic carbocycles. The van der Waals surface area contributed by atoms with Crippen LogP contribution in [0.1, 0.15) is 43.9 Å². The van der Waals surface area contributed by atoms with Crippen molar-refractivity contribution in [2.75, 3.05) is 33.9 Å². The predicted octanol–water partition coefficient (Wildman–Crippen LogP) is 0.527. The Labute approximate surface area is 128 Å². The first-order chi connectivity index (χ1) is 10.3. The molecule has 4 heteroatoms. The summed E-state index contributed by atoms with van der Waals surface area (Å²) in [7, 11) is 3.53. The van der Waals surface area contributed by atoms with Crippen LogP contribution < -0.4 is 19.7 Å². The molecule has 1 aromatic rings. The van der Waals surface area contributed by atoms with Gasteiger partial charge < -0.3 is 19.7 Å². The maximum atomic E-state index is 5.67. The van der Waals surface area contributed by atoms with Crippen LogP contribution >= 0.6 is 0 Å². The molecule has 1 aliphatic rings. The van der Waals surface area contributed by atoms with Crippen molar-refractivity contribution in [2.45, 2.75) is 39.3 Å². The fourth-order valence-electron chi connectivity index (χ4n) is 3.58. The maximum Gasteiger partial charge on any atom is 0.167 e. The molecule has 0 saturated heterocycles. The molecule has 1 aliphatic heterocycles. The van der Waals surface area contributed by atoms with Gasteiger partial charge in [-0.3, -0.25) is 0 Å². The molecule has 0 bridgehead atoms. The molecule has 1 heterocycles. The number of hydrogen-bond acceptors (Lipinski definition) is 2. The highest BCUT2D eigenvalue weighted by Gasteiger charge is 2.35. The van der Waals surface area contributed by atoms with Gasteiger partial charge in [0.25, 0.3) is 0 Å². The standard InChI is InChI=1S/C17H28N2O2/c1-5-9-19(10-6-2)14-12-18-11-13-15(20-3)7-8-16(21-4)17(13)14/h7-8,14,18H,5-6,9-12H2,1-4H3/p+2/t14-/m1/s1. The normalized spacial score (nSPS) is 17.7. The number of quaternary nitrogens is 2. The fraction of sp³-hybridized carbons (Fsp3) is 0.647. The van der Waals surface area contributed by atoms with Gasteiger partial charge in [0.05, 0.1) is 38.4 Å². The average molecular weight is 294 g/mol. The Morgan fingerprint density at radius 3 is 2.29 bits per heavy atom. The van der Waals surface area contributed by atoms with Crippen molar-refractivity contribution < 1.29 is 19.7 Å². The molecule has 0 unspecified atom stereocenters. The summed E-state index contributed by atoms with van der Waals surface area (Å²) < 4.78 is 11.2. The molecule has 0 radical (unpaired) electrons. The molecule has 0 fully saturated rings. The summed E-state index contributed by atoms with van der Waals surface area (Å²) in [4.78, 5) is 1.67. The Bertz CT molecular complexity index is 456. The van der Waals surface area contributed by atoms with Crippen LogP contribution in [0.15, 0.2) is 12.1 Å². The first-order valence-electron chi connectivity index (χ1n) is 8.16. The van der Waals surface area contributed by atoms with Crippen molar-refractivity contribution in [1.29, 1.82) is 0 Å². The van der Waals surface area contributed by atoms with Crippen molar-refractivity contribution in [3.8, 4) is 11.5 Å². The van der Waals surface area contributed by atoms with Crippen molar-refractivity contribution in [3.05, 3.63) is 23.3 Å². The lowest BCUT2D eigenvalue weighted by Crippen LogP contribution is -3.15. The van der Waals surface area contributed by atoms with E-state index >= 15 is 0 Å². The third-order valence-electron chi connectivity index (χ3n) is 4.45. The molecule has 2 rings (SSSR count). The Morgan fingerprint density at radius 1 is 1.10 bits per heavy atom. The monoisotopic (exact) mass is 294 g/mol. The van der Waals surface area contributed by atoms with Crippen LogP contribution in [0.3, 0.4) is 0 Å². The summed E-state index contributed by atoms with van der Waals surface area (Å²) in [6.45, 7) is 9.08. The fourth-order valence-corrected chi connectivity index (χ4v) is 3.58. The number of hydrogen-bond donors (Lipinski definition) is 2. The van der Waals surface area contributed by atoms with Crippen LogP contribution in [0.5, 0.6) is 11.5 Å². The summed E-state index contributed by atoms with van der Waals surface area (Å²) in [5.74, 6) is 2.02. The number of nitrogens with two attached hydrogens (primary N) is 1. The van der Waals surface area contributed by atoms with E-state index in [1.807, 2.05) is 6.07 Å². The minimum atomic E-state index is 0.499. The molecular formula is C17H30N2O2+2. The first kappa shape index (κ1) is 16.1. The van der Waals surface area contributed by atoms with E-state index in [0.29, 0.717) is 6.04 Å². The number of nitrogens with one attached hydrogen (secondary N) is 1. The Hall–Kier alpha value is -1.26. The lowest BCUT2D eigenvalue weighted by molar-refractivity contribution is -0.948. The largest absolute Gasteiger partial charge is 0.496 e. The molecule has 21 heavy (non-hydrogen) atoms. The van der Waals surface area contributed by atoms with E-state index < -0.39 is 0 Å². The van der Waals surface area contributed by atoms with Crippen LogP contribution in [0.25, 0.3) is 0 Å². The molecule has 0 aliphatic carbocycles. The second kappa shape index (κ2) is 7.66. The maximum absolute atomic E-state index is 5.67. The Kier molecular flexibility index (Phi) is 5.88. The molecule has 118 valence electrons. The smallest absolute Gasteiger partial charge is 0.167 e. The number of methoxy groups -OCH3 is 2. The van der Waals surface area contributed by atoms with Gasteiger partial charge in [0.2, 0.25) is 0 Å². The third-order valence-corrected chi connectivity index (χ3v) is 4.45. The van der Waals surface area contributed by atoms with E-state index in [1.165, 1.54) is 37.1 Å². The van der Waals surface area contributed by atoms with Crippen molar-refractivity contribution in [2.24, 2.45) is 0 Å². The van der Waals surface area contributed by atoms with Gasteiger partial charge in [-0.15, -0.1) is 0 Å². The summed E-state index contributed by atoms with van der Waals surface area (Å²) in [5, 5.41) is 2.40. The van der Waals surface area contributed by atoms with E-state index in [-0.39, 0.29) is 0 Å². The van der Waals surface area contributed by atoms with Gasteiger partial charge in [0, 0.05) is 0 Å². The number of fused-ring (bicyclic) bond motifs is 1. The number of benzene rings is 1. The van der Waals surface area contributed by atoms with Gasteiger partial charge in [0.1, 0.15) is 24.6 Å². The SMILES string of the molecule is CCC[NH+](CCC)[C@@H]1C[NH2+]Cc2c(OC)ccc(OC)c21. The average Bonchev–Trinajstić information content (AvgIpc) is 2.53. The number of rotatable bonds is 7. The Morgan fingerprint density at radius 2 is 1.71 bits per heavy atom. The molecule has 0 spiro atoms. The summed E-state index contributed by atoms with van der Waals surface area (Å²) in [6, 6.07) is 4.59. The third kappa shape index (κ3) is 3.33. The van der Waals surface area contributed by atoms with E-state index in [2.05, 4.69) is 25.2 Å². The molecule has 3 N–H and O–H groups in total. The van der Waals surface area contributed by atoms with Gasteiger partial charge in [0.15, 0.2) is 6.04 Å². The number of ether oxygens (including phenoxy) is 2. The van der Waals surface area contributed by atoms with Crippen LogP contribution in [-0.4, -0.2) is 33.9 Å². The van der Waals surface area contributed by atoms with Gasteiger partial charge in [-0.2, -0.15) is 0 Å². The van der Waals surface area contributed by atoms with E-state index in [9.17, 15) is 0 Å². The highest BCUT2D eigenvalue weighted by atomic mass is 16.5. The molecular weight excluding hydrogens is 264 g/mol. The lowest BCUT2D eigenvalue weighted by Gasteiger charge is -2.32. The van der Waals surface area contributed by atoms with Gasteiger partial charge in [-0.25, -0.2) is 0 Å². The Balaban J connectivity index is 2.44. The first-order valence-corrected chi connectivity index (χ1v) is 8.16. The van der Waals surface area contributed by atoms with Gasteiger partial charge in [-0.1, -0.05) is 13.8 Å². The van der Waals surface area contributed by atoms with Crippen LogP contribution in [0, 0.1) is 0 Å². The summed E-state index contributed by atoms with van der Waals surface area (Å²) >= 11 is 0. The van der Waals surface area contributed by atoms with E-state index in [4.69, 9.17) is 9.47 Å². The van der Waals surface area contributed by atoms with Gasteiger partial charge in [-0.05, 0) is 25.0 Å². The van der Waals surface area contributed by atoms with E-state index in [1.54, 1.807) is 19.1 Å². The zero-order chi connectivity index (χ0) is 15.2. The topological polar surface area (TPSA) is 39.5 Å². The van der Waals surface area contributed by atoms with Crippen molar-refractivity contribution >= 4 is 0 Å².